The van der Waals surface area contributed by atoms with Crippen molar-refractivity contribution in [1.82, 2.24) is 4.90 Å². The molecule has 1 aromatic rings. The van der Waals surface area contributed by atoms with E-state index in [4.69, 9.17) is 5.11 Å². The molecule has 0 saturated heterocycles. The first-order valence-corrected chi connectivity index (χ1v) is 5.51. The van der Waals surface area contributed by atoms with E-state index >= 15 is 0 Å². The van der Waals surface area contributed by atoms with Gasteiger partial charge in [0, 0.05) is 13.6 Å². The van der Waals surface area contributed by atoms with Gasteiger partial charge in [-0.3, -0.25) is 9.59 Å². The summed E-state index contributed by atoms with van der Waals surface area (Å²) in [6, 6.07) is 7.97. The fourth-order valence-corrected chi connectivity index (χ4v) is 1.57. The van der Waals surface area contributed by atoms with Gasteiger partial charge in [-0.25, -0.2) is 0 Å². The predicted molar refractivity (Wildman–Crippen MR) is 64.8 cm³/mol. The summed E-state index contributed by atoms with van der Waals surface area (Å²) in [5, 5.41) is 8.51. The second-order valence-electron chi connectivity index (χ2n) is 4.06. The van der Waals surface area contributed by atoms with E-state index in [9.17, 15) is 9.59 Å². The summed E-state index contributed by atoms with van der Waals surface area (Å²) < 4.78 is 0. The lowest BCUT2D eigenvalue weighted by atomic mass is 10.1. The largest absolute Gasteiger partial charge is 0.481 e. The van der Waals surface area contributed by atoms with Gasteiger partial charge in [0.1, 0.15) is 6.42 Å². The van der Waals surface area contributed by atoms with Gasteiger partial charge in [0.2, 0.25) is 5.91 Å². The van der Waals surface area contributed by atoms with Crippen LogP contribution in [-0.4, -0.2) is 35.5 Å². The fraction of sp³-hybridized carbons (Fsp3) is 0.385. The number of hydrogen-bond acceptors (Lipinski definition) is 2. The van der Waals surface area contributed by atoms with Gasteiger partial charge in [0.25, 0.3) is 0 Å². The van der Waals surface area contributed by atoms with E-state index in [2.05, 4.69) is 0 Å². The smallest absolute Gasteiger partial charge is 0.312 e. The summed E-state index contributed by atoms with van der Waals surface area (Å²) in [6.07, 6.45) is 0.304. The number of carbonyl (C=O) groups excluding carboxylic acids is 1. The number of hydrogen-bond donors (Lipinski definition) is 1. The van der Waals surface area contributed by atoms with Crippen molar-refractivity contribution >= 4 is 11.9 Å². The first-order valence-electron chi connectivity index (χ1n) is 5.51. The third-order valence-corrected chi connectivity index (χ3v) is 2.71. The van der Waals surface area contributed by atoms with E-state index in [0.29, 0.717) is 6.54 Å². The molecule has 0 spiro atoms. The summed E-state index contributed by atoms with van der Waals surface area (Å²) in [6.45, 7) is 2.56. The van der Waals surface area contributed by atoms with Gasteiger partial charge in [-0.2, -0.15) is 0 Å². The van der Waals surface area contributed by atoms with Crippen molar-refractivity contribution in [1.29, 1.82) is 0 Å². The average Bonchev–Trinajstić information content (AvgIpc) is 2.26. The summed E-state index contributed by atoms with van der Waals surface area (Å²) in [7, 11) is 1.63. The van der Waals surface area contributed by atoms with Crippen LogP contribution in [0.3, 0.4) is 0 Å². The molecule has 0 aliphatic carbocycles. The number of amides is 1. The molecule has 1 aromatic carbocycles. The normalized spacial score (nSPS) is 10.0. The molecule has 0 atom stereocenters. The van der Waals surface area contributed by atoms with Crippen LogP contribution in [-0.2, 0) is 16.0 Å². The van der Waals surface area contributed by atoms with Crippen LogP contribution in [0.5, 0.6) is 0 Å². The average molecular weight is 235 g/mol. The van der Waals surface area contributed by atoms with Crippen LogP contribution < -0.4 is 0 Å². The van der Waals surface area contributed by atoms with E-state index in [0.717, 1.165) is 6.42 Å². The van der Waals surface area contributed by atoms with Crippen LogP contribution >= 0.6 is 0 Å². The molecule has 0 aliphatic heterocycles. The first kappa shape index (κ1) is 13.2. The molecule has 17 heavy (non-hydrogen) atoms. The number of likely N-dealkylation sites (N-methyl/N-ethyl adjacent to an activating group) is 1. The van der Waals surface area contributed by atoms with E-state index in [1.54, 1.807) is 7.05 Å². The number of aryl methyl sites for hydroxylation is 1. The zero-order chi connectivity index (χ0) is 12.8. The molecular weight excluding hydrogens is 218 g/mol. The van der Waals surface area contributed by atoms with Crippen LogP contribution in [0.1, 0.15) is 17.5 Å². The lowest BCUT2D eigenvalue weighted by Gasteiger charge is -2.16. The lowest BCUT2D eigenvalue weighted by Crippen LogP contribution is -2.30. The minimum Gasteiger partial charge on any atom is -0.481 e. The van der Waals surface area contributed by atoms with Crippen molar-refractivity contribution in [3.8, 4) is 0 Å². The highest BCUT2D eigenvalue weighted by atomic mass is 16.4. The number of benzene rings is 1. The van der Waals surface area contributed by atoms with Gasteiger partial charge in [-0.05, 0) is 24.5 Å². The molecule has 1 N–H and O–H groups in total. The molecule has 0 bridgehead atoms. The second-order valence-corrected chi connectivity index (χ2v) is 4.06. The molecular formula is C13H17NO3. The van der Waals surface area contributed by atoms with Crippen molar-refractivity contribution in [2.24, 2.45) is 0 Å². The number of rotatable bonds is 5. The van der Waals surface area contributed by atoms with Crippen LogP contribution in [0.4, 0.5) is 0 Å². The highest BCUT2D eigenvalue weighted by molar-refractivity contribution is 5.93. The molecule has 0 heterocycles. The number of aliphatic carboxylic acids is 1. The maximum absolute atomic E-state index is 11.4. The molecule has 4 heteroatoms. The minimum absolute atomic E-state index is 0.355. The molecule has 92 valence electrons. The molecule has 0 saturated carbocycles. The van der Waals surface area contributed by atoms with E-state index in [-0.39, 0.29) is 5.91 Å². The van der Waals surface area contributed by atoms with Gasteiger partial charge in [-0.1, -0.05) is 24.3 Å². The Bertz CT molecular complexity index is 415. The van der Waals surface area contributed by atoms with Crippen molar-refractivity contribution < 1.29 is 14.7 Å². The fourth-order valence-electron chi connectivity index (χ4n) is 1.57. The SMILES string of the molecule is Cc1ccccc1CCN(C)C(=O)CC(=O)O. The number of carboxylic acid groups (broad SMARTS) is 1. The maximum Gasteiger partial charge on any atom is 0.312 e. The van der Waals surface area contributed by atoms with Crippen molar-refractivity contribution in [2.75, 3.05) is 13.6 Å². The van der Waals surface area contributed by atoms with Gasteiger partial charge in [-0.15, -0.1) is 0 Å². The Morgan fingerprint density at radius 3 is 2.53 bits per heavy atom. The van der Waals surface area contributed by atoms with E-state index < -0.39 is 12.4 Å². The third-order valence-electron chi connectivity index (χ3n) is 2.71. The van der Waals surface area contributed by atoms with Crippen LogP contribution in [0.2, 0.25) is 0 Å². The number of carboxylic acids is 1. The molecule has 0 aromatic heterocycles. The zero-order valence-corrected chi connectivity index (χ0v) is 10.1. The lowest BCUT2D eigenvalue weighted by molar-refractivity contribution is -0.143. The first-order chi connectivity index (χ1) is 8.00. The Kier molecular flexibility index (Phi) is 4.69. The highest BCUT2D eigenvalue weighted by Gasteiger charge is 2.12. The summed E-state index contributed by atoms with van der Waals surface area (Å²) >= 11 is 0. The van der Waals surface area contributed by atoms with Gasteiger partial charge in [0.05, 0.1) is 0 Å². The predicted octanol–water partition coefficient (Wildman–Crippen LogP) is 1.47. The zero-order valence-electron chi connectivity index (χ0n) is 10.1. The quantitative estimate of drug-likeness (QED) is 0.786. The summed E-state index contributed by atoms with van der Waals surface area (Å²) in [4.78, 5) is 23.3. The Morgan fingerprint density at radius 2 is 1.94 bits per heavy atom. The standard InChI is InChI=1S/C13H17NO3/c1-10-5-3-4-6-11(10)7-8-14(2)12(15)9-13(16)17/h3-6H,7-9H2,1-2H3,(H,16,17). The summed E-state index contributed by atoms with van der Waals surface area (Å²) in [5.41, 5.74) is 2.37. The Labute approximate surface area is 101 Å². The Morgan fingerprint density at radius 1 is 1.29 bits per heavy atom. The topological polar surface area (TPSA) is 57.6 Å². The summed E-state index contributed by atoms with van der Waals surface area (Å²) in [5.74, 6) is -1.44. The van der Waals surface area contributed by atoms with Crippen LogP contribution in [0, 0.1) is 6.92 Å². The molecule has 1 amide bonds. The Balaban J connectivity index is 2.48. The van der Waals surface area contributed by atoms with Gasteiger partial charge < -0.3 is 10.0 Å². The second kappa shape index (κ2) is 6.03. The molecule has 0 radical (unpaired) electrons. The van der Waals surface area contributed by atoms with Gasteiger partial charge >= 0.3 is 5.97 Å². The molecule has 0 aliphatic rings. The van der Waals surface area contributed by atoms with Gasteiger partial charge in [0.15, 0.2) is 0 Å². The number of carbonyl (C=O) groups is 2. The minimum atomic E-state index is -1.09. The van der Waals surface area contributed by atoms with Crippen molar-refractivity contribution in [3.63, 3.8) is 0 Å². The Hall–Kier alpha value is -1.84. The highest BCUT2D eigenvalue weighted by Crippen LogP contribution is 2.08. The van der Waals surface area contributed by atoms with E-state index in [1.165, 1.54) is 16.0 Å². The van der Waals surface area contributed by atoms with E-state index in [1.807, 2.05) is 31.2 Å². The number of nitrogens with zero attached hydrogens (tertiary/aromatic N) is 1. The van der Waals surface area contributed by atoms with Crippen molar-refractivity contribution in [2.45, 2.75) is 19.8 Å². The van der Waals surface area contributed by atoms with Crippen LogP contribution in [0.25, 0.3) is 0 Å². The third kappa shape index (κ3) is 4.26. The molecule has 4 nitrogen and oxygen atoms in total. The molecule has 1 rings (SSSR count). The molecule has 0 unspecified atom stereocenters. The maximum atomic E-state index is 11.4. The molecule has 0 fully saturated rings. The van der Waals surface area contributed by atoms with Crippen molar-refractivity contribution in [3.05, 3.63) is 35.4 Å². The van der Waals surface area contributed by atoms with Crippen LogP contribution in [0.15, 0.2) is 24.3 Å². The monoisotopic (exact) mass is 235 g/mol.